The molecule has 24 heavy (non-hydrogen) atoms. The van der Waals surface area contributed by atoms with E-state index in [0.717, 1.165) is 11.1 Å². The van der Waals surface area contributed by atoms with Crippen molar-refractivity contribution < 1.29 is 22.7 Å². The molecule has 1 heterocycles. The fourth-order valence-corrected chi connectivity index (χ4v) is 5.76. The lowest BCUT2D eigenvalue weighted by Gasteiger charge is -2.10. The maximum atomic E-state index is 11.9. The number of hydrogen-bond donors (Lipinski definition) is 1. The van der Waals surface area contributed by atoms with Crippen LogP contribution in [-0.4, -0.2) is 49.4 Å². The Kier molecular flexibility index (Phi) is 6.28. The van der Waals surface area contributed by atoms with Gasteiger partial charge in [-0.15, -0.1) is 11.8 Å². The molecule has 132 valence electrons. The van der Waals surface area contributed by atoms with Crippen molar-refractivity contribution >= 4 is 39.2 Å². The summed E-state index contributed by atoms with van der Waals surface area (Å²) < 4.78 is 27.6. The van der Waals surface area contributed by atoms with E-state index in [0.29, 0.717) is 12.1 Å². The van der Waals surface area contributed by atoms with Crippen LogP contribution in [0.2, 0.25) is 0 Å². The molecule has 0 spiro atoms. The number of ether oxygens (including phenoxy) is 1. The van der Waals surface area contributed by atoms with E-state index in [4.69, 9.17) is 4.74 Å². The van der Waals surface area contributed by atoms with Crippen molar-refractivity contribution in [2.75, 3.05) is 29.2 Å². The molecule has 1 aliphatic rings. The SMILES string of the molecule is Cc1ccc(C)c(NC(=O)COC(=O)CS[C@@H]2CCS(=O)(=O)C2)c1. The molecule has 0 aliphatic carbocycles. The lowest BCUT2D eigenvalue weighted by molar-refractivity contribution is -0.144. The number of sulfone groups is 1. The summed E-state index contributed by atoms with van der Waals surface area (Å²) in [7, 11) is -2.95. The molecule has 0 saturated carbocycles. The summed E-state index contributed by atoms with van der Waals surface area (Å²) in [5.41, 5.74) is 2.65. The van der Waals surface area contributed by atoms with Gasteiger partial charge < -0.3 is 10.1 Å². The zero-order chi connectivity index (χ0) is 17.7. The van der Waals surface area contributed by atoms with Crippen LogP contribution in [0, 0.1) is 13.8 Å². The number of anilines is 1. The lowest BCUT2D eigenvalue weighted by atomic mass is 10.1. The molecule has 8 heteroatoms. The Bertz CT molecular complexity index is 730. The van der Waals surface area contributed by atoms with Crippen LogP contribution >= 0.6 is 11.8 Å². The Morgan fingerprint density at radius 2 is 2.08 bits per heavy atom. The first-order valence-corrected chi connectivity index (χ1v) is 10.5. The molecule has 0 bridgehead atoms. The summed E-state index contributed by atoms with van der Waals surface area (Å²) in [6, 6.07) is 5.71. The summed E-state index contributed by atoms with van der Waals surface area (Å²) in [4.78, 5) is 23.5. The lowest BCUT2D eigenvalue weighted by Crippen LogP contribution is -2.22. The van der Waals surface area contributed by atoms with E-state index >= 15 is 0 Å². The van der Waals surface area contributed by atoms with Gasteiger partial charge in [-0.1, -0.05) is 12.1 Å². The van der Waals surface area contributed by atoms with Crippen LogP contribution in [0.3, 0.4) is 0 Å². The summed E-state index contributed by atoms with van der Waals surface area (Å²) >= 11 is 1.27. The Hall–Kier alpha value is -1.54. The number of esters is 1. The number of benzene rings is 1. The van der Waals surface area contributed by atoms with E-state index in [9.17, 15) is 18.0 Å². The smallest absolute Gasteiger partial charge is 0.316 e. The van der Waals surface area contributed by atoms with Crippen molar-refractivity contribution in [2.45, 2.75) is 25.5 Å². The van der Waals surface area contributed by atoms with Gasteiger partial charge in [0.05, 0.1) is 17.3 Å². The van der Waals surface area contributed by atoms with Crippen molar-refractivity contribution in [3.05, 3.63) is 29.3 Å². The van der Waals surface area contributed by atoms with Gasteiger partial charge in [0.1, 0.15) is 0 Å². The van der Waals surface area contributed by atoms with E-state index in [1.807, 2.05) is 32.0 Å². The molecule has 1 saturated heterocycles. The zero-order valence-corrected chi connectivity index (χ0v) is 15.3. The van der Waals surface area contributed by atoms with Crippen molar-refractivity contribution in [3.8, 4) is 0 Å². The number of rotatable bonds is 6. The molecule has 1 N–H and O–H groups in total. The molecule has 1 amide bonds. The minimum Gasteiger partial charge on any atom is -0.455 e. The highest BCUT2D eigenvalue weighted by atomic mass is 32.2. The van der Waals surface area contributed by atoms with Gasteiger partial charge in [-0.3, -0.25) is 9.59 Å². The predicted molar refractivity (Wildman–Crippen MR) is 95.0 cm³/mol. The largest absolute Gasteiger partial charge is 0.455 e. The topological polar surface area (TPSA) is 89.5 Å². The summed E-state index contributed by atoms with van der Waals surface area (Å²) in [5, 5.41) is 2.65. The number of aryl methyl sites for hydroxylation is 2. The van der Waals surface area contributed by atoms with Crippen LogP contribution in [0.1, 0.15) is 17.5 Å². The highest BCUT2D eigenvalue weighted by molar-refractivity contribution is 8.02. The molecule has 0 unspecified atom stereocenters. The number of nitrogens with one attached hydrogen (secondary N) is 1. The molecular weight excluding hydrogens is 350 g/mol. The fourth-order valence-electron chi connectivity index (χ4n) is 2.32. The van der Waals surface area contributed by atoms with Gasteiger partial charge >= 0.3 is 5.97 Å². The van der Waals surface area contributed by atoms with E-state index in [2.05, 4.69) is 5.32 Å². The van der Waals surface area contributed by atoms with Crippen molar-refractivity contribution in [1.29, 1.82) is 0 Å². The molecule has 2 rings (SSSR count). The second-order valence-electron chi connectivity index (χ2n) is 5.86. The third-order valence-electron chi connectivity index (χ3n) is 3.66. The average molecular weight is 371 g/mol. The van der Waals surface area contributed by atoms with Crippen LogP contribution in [0.5, 0.6) is 0 Å². The van der Waals surface area contributed by atoms with Crippen LogP contribution in [0.15, 0.2) is 18.2 Å². The third-order valence-corrected chi connectivity index (χ3v) is 6.91. The number of carbonyl (C=O) groups excluding carboxylic acids is 2. The first-order chi connectivity index (χ1) is 11.2. The number of thioether (sulfide) groups is 1. The minimum atomic E-state index is -2.95. The standard InChI is InChI=1S/C16H21NO5S2/c1-11-3-4-12(2)14(7-11)17-15(18)8-22-16(19)9-23-13-5-6-24(20,21)10-13/h3-4,7,13H,5-6,8-10H2,1-2H3,(H,17,18)/t13-/m1/s1. The second-order valence-corrected chi connectivity index (χ2v) is 9.38. The number of hydrogen-bond acceptors (Lipinski definition) is 6. The minimum absolute atomic E-state index is 0.0525. The highest BCUT2D eigenvalue weighted by Crippen LogP contribution is 2.24. The fraction of sp³-hybridized carbons (Fsp3) is 0.500. The average Bonchev–Trinajstić information content (AvgIpc) is 2.86. The van der Waals surface area contributed by atoms with Crippen LogP contribution in [-0.2, 0) is 24.2 Å². The molecule has 1 aliphatic heterocycles. The Labute approximate surface area is 146 Å². The molecule has 1 fully saturated rings. The molecule has 0 radical (unpaired) electrons. The van der Waals surface area contributed by atoms with Gasteiger partial charge in [0, 0.05) is 10.9 Å². The first kappa shape index (κ1) is 18.8. The van der Waals surface area contributed by atoms with Gasteiger partial charge in [-0.2, -0.15) is 0 Å². The first-order valence-electron chi connectivity index (χ1n) is 7.60. The van der Waals surface area contributed by atoms with Crippen molar-refractivity contribution in [1.82, 2.24) is 0 Å². The van der Waals surface area contributed by atoms with E-state index in [-0.39, 0.29) is 29.1 Å². The zero-order valence-electron chi connectivity index (χ0n) is 13.7. The predicted octanol–water partition coefficient (Wildman–Crippen LogP) is 1.71. The highest BCUT2D eigenvalue weighted by Gasteiger charge is 2.28. The Morgan fingerprint density at radius 1 is 1.33 bits per heavy atom. The monoisotopic (exact) mass is 371 g/mol. The molecular formula is C16H21NO5S2. The normalized spacial score (nSPS) is 19.0. The van der Waals surface area contributed by atoms with Crippen LogP contribution < -0.4 is 5.32 Å². The second kappa shape index (κ2) is 8.02. The maximum Gasteiger partial charge on any atom is 0.316 e. The molecule has 1 aromatic carbocycles. The molecule has 1 aromatic rings. The summed E-state index contributed by atoms with van der Waals surface area (Å²) in [5.74, 6) is -0.571. The maximum absolute atomic E-state index is 11.9. The van der Waals surface area contributed by atoms with E-state index in [1.54, 1.807) is 0 Å². The van der Waals surface area contributed by atoms with Gasteiger partial charge in [0.2, 0.25) is 0 Å². The number of carbonyl (C=O) groups is 2. The van der Waals surface area contributed by atoms with Crippen molar-refractivity contribution in [2.24, 2.45) is 0 Å². The van der Waals surface area contributed by atoms with Gasteiger partial charge in [0.25, 0.3) is 5.91 Å². The van der Waals surface area contributed by atoms with E-state index in [1.165, 1.54) is 11.8 Å². The quantitative estimate of drug-likeness (QED) is 0.766. The van der Waals surface area contributed by atoms with Gasteiger partial charge in [-0.25, -0.2) is 8.42 Å². The van der Waals surface area contributed by atoms with Gasteiger partial charge in [-0.05, 0) is 37.5 Å². The molecule has 6 nitrogen and oxygen atoms in total. The van der Waals surface area contributed by atoms with Crippen LogP contribution in [0.4, 0.5) is 5.69 Å². The third kappa shape index (κ3) is 5.83. The van der Waals surface area contributed by atoms with Gasteiger partial charge in [0.15, 0.2) is 16.4 Å². The van der Waals surface area contributed by atoms with Crippen molar-refractivity contribution in [3.63, 3.8) is 0 Å². The van der Waals surface area contributed by atoms with E-state index < -0.39 is 21.7 Å². The Morgan fingerprint density at radius 3 is 2.75 bits per heavy atom. The molecule has 1 atom stereocenters. The van der Waals surface area contributed by atoms with Crippen LogP contribution in [0.25, 0.3) is 0 Å². The Balaban J connectivity index is 1.71. The molecule has 0 aromatic heterocycles. The number of amides is 1. The summed E-state index contributed by atoms with van der Waals surface area (Å²) in [6.07, 6.45) is 0.563. The summed E-state index contributed by atoms with van der Waals surface area (Å²) in [6.45, 7) is 3.46.